The van der Waals surface area contributed by atoms with E-state index in [0.29, 0.717) is 23.6 Å². The Morgan fingerprint density at radius 2 is 1.84 bits per heavy atom. The summed E-state index contributed by atoms with van der Waals surface area (Å²) in [5.41, 5.74) is 2.54. The number of aromatic nitrogens is 2. The van der Waals surface area contributed by atoms with Gasteiger partial charge >= 0.3 is 0 Å². The monoisotopic (exact) mass is 460 g/mol. The van der Waals surface area contributed by atoms with Gasteiger partial charge in [0.15, 0.2) is 0 Å². The summed E-state index contributed by atoms with van der Waals surface area (Å²) in [6.45, 7) is 19.8. The summed E-state index contributed by atoms with van der Waals surface area (Å²) in [5, 5.41) is 2.40. The van der Waals surface area contributed by atoms with Crippen molar-refractivity contribution >= 4 is 23.3 Å². The topological polar surface area (TPSA) is 35.0 Å². The van der Waals surface area contributed by atoms with Crippen LogP contribution in [0.2, 0.25) is 0 Å². The Kier molecular flexibility index (Phi) is 11.1. The fourth-order valence-electron chi connectivity index (χ4n) is 3.27. The normalized spacial score (nSPS) is 13.1. The van der Waals surface area contributed by atoms with Crippen LogP contribution < -0.4 is 15.3 Å². The van der Waals surface area contributed by atoms with Gasteiger partial charge in [0.1, 0.15) is 17.2 Å². The number of hydrogen-bond acceptors (Lipinski definition) is 3. The first-order chi connectivity index (χ1) is 15.0. The Balaban J connectivity index is 0.000000323. The van der Waals surface area contributed by atoms with Crippen LogP contribution in [0.4, 0.5) is 4.39 Å². The van der Waals surface area contributed by atoms with E-state index in [-0.39, 0.29) is 0 Å². The van der Waals surface area contributed by atoms with Crippen molar-refractivity contribution in [3.05, 3.63) is 63.0 Å². The summed E-state index contributed by atoms with van der Waals surface area (Å²) in [6, 6.07) is 5.77. The van der Waals surface area contributed by atoms with Crippen molar-refractivity contribution in [2.45, 2.75) is 80.3 Å². The maximum Gasteiger partial charge on any atom is 0.136 e. The third-order valence-electron chi connectivity index (χ3n) is 5.18. The zero-order valence-electron chi connectivity index (χ0n) is 20.9. The largest absolute Gasteiger partial charge is 0.493 e. The number of hydrogen-bond donors (Lipinski definition) is 0. The van der Waals surface area contributed by atoms with Gasteiger partial charge in [0.05, 0.1) is 12.0 Å². The average molecular weight is 461 g/mol. The molecule has 2 aromatic rings. The standard InChI is InChI=1S/C15H23FO.C12H15ClN2/c1-5-11-17-14-12(6-2)9-8-10-13(14)15(4,16)7-3;1-7(2)12-11(6-8(3)13)9(4)14-10(5)15-12/h8-10H,5-7,11H2,1-4H3;6H,3H2,1-2,4-5H3/b;11-6-. The average Bonchev–Trinajstić information content (AvgIpc) is 2.73. The lowest BCUT2D eigenvalue weighted by Gasteiger charge is -2.24. The Bertz CT molecular complexity index is 1040. The molecule has 0 amide bonds. The maximum atomic E-state index is 14.5. The first-order valence-corrected chi connectivity index (χ1v) is 11.6. The lowest BCUT2D eigenvalue weighted by molar-refractivity contribution is 0.175. The number of allylic oxidation sites excluding steroid dienone is 1. The fourth-order valence-corrected chi connectivity index (χ4v) is 3.38. The molecule has 0 aliphatic rings. The molecular formula is C27H38ClFN2O. The predicted octanol–water partition coefficient (Wildman–Crippen LogP) is 6.45. The van der Waals surface area contributed by atoms with Crippen LogP contribution in [0.15, 0.2) is 29.8 Å². The molecule has 3 nitrogen and oxygen atoms in total. The zero-order valence-corrected chi connectivity index (χ0v) is 21.7. The molecule has 0 radical (unpaired) electrons. The van der Waals surface area contributed by atoms with Crippen molar-refractivity contribution < 1.29 is 9.13 Å². The van der Waals surface area contributed by atoms with Crippen molar-refractivity contribution in [3.8, 4) is 5.75 Å². The molecule has 1 atom stereocenters. The molecule has 0 aliphatic heterocycles. The molecule has 1 unspecified atom stereocenters. The van der Waals surface area contributed by atoms with Gasteiger partial charge in [-0.1, -0.05) is 57.2 Å². The van der Waals surface area contributed by atoms with E-state index in [1.54, 1.807) is 13.0 Å². The van der Waals surface area contributed by atoms with Gasteiger partial charge in [-0.2, -0.15) is 0 Å². The lowest BCUT2D eigenvalue weighted by atomic mass is 9.92. The van der Waals surface area contributed by atoms with E-state index in [1.807, 2.05) is 52.8 Å². The fraction of sp³-hybridized carbons (Fsp3) is 0.481. The Labute approximate surface area is 198 Å². The van der Waals surface area contributed by atoms with E-state index in [0.717, 1.165) is 51.8 Å². The highest BCUT2D eigenvalue weighted by Gasteiger charge is 2.28. The molecule has 176 valence electrons. The molecule has 0 aliphatic carbocycles. The lowest BCUT2D eigenvalue weighted by Crippen LogP contribution is -2.34. The maximum absolute atomic E-state index is 14.5. The molecule has 0 saturated heterocycles. The van der Waals surface area contributed by atoms with E-state index < -0.39 is 5.67 Å². The highest BCUT2D eigenvalue weighted by molar-refractivity contribution is 6.33. The molecule has 1 aromatic heterocycles. The highest BCUT2D eigenvalue weighted by Crippen LogP contribution is 2.38. The minimum Gasteiger partial charge on any atom is -0.493 e. The second-order valence-corrected chi connectivity index (χ2v) is 8.74. The van der Waals surface area contributed by atoms with Crippen LogP contribution >= 0.6 is 11.6 Å². The highest BCUT2D eigenvalue weighted by atomic mass is 35.5. The molecular weight excluding hydrogens is 423 g/mol. The molecule has 0 saturated carbocycles. The van der Waals surface area contributed by atoms with E-state index in [9.17, 15) is 4.39 Å². The van der Waals surface area contributed by atoms with E-state index in [2.05, 4.69) is 30.4 Å². The van der Waals surface area contributed by atoms with Gasteiger partial charge in [0.2, 0.25) is 0 Å². The summed E-state index contributed by atoms with van der Waals surface area (Å²) in [6.07, 6.45) is 4.07. The number of ether oxygens (including phenoxy) is 1. The van der Waals surface area contributed by atoms with Crippen LogP contribution in [0.1, 0.15) is 77.0 Å². The van der Waals surface area contributed by atoms with E-state index in [1.165, 1.54) is 0 Å². The number of alkyl halides is 1. The van der Waals surface area contributed by atoms with Gasteiger partial charge in [0, 0.05) is 21.5 Å². The van der Waals surface area contributed by atoms with Crippen LogP contribution in [0.25, 0.3) is 11.6 Å². The molecule has 32 heavy (non-hydrogen) atoms. The van der Waals surface area contributed by atoms with E-state index in [4.69, 9.17) is 16.3 Å². The van der Waals surface area contributed by atoms with Crippen LogP contribution in [0, 0.1) is 13.8 Å². The molecule has 2 rings (SSSR count). The van der Waals surface area contributed by atoms with Gasteiger partial charge in [-0.25, -0.2) is 14.4 Å². The van der Waals surface area contributed by atoms with Crippen molar-refractivity contribution in [2.75, 3.05) is 6.61 Å². The minimum absolute atomic E-state index is 0.461. The van der Waals surface area contributed by atoms with Gasteiger partial charge in [-0.15, -0.1) is 0 Å². The Hall–Kier alpha value is -2.20. The smallest absolute Gasteiger partial charge is 0.136 e. The first-order valence-electron chi connectivity index (χ1n) is 11.3. The second-order valence-electron chi connectivity index (χ2n) is 8.26. The Morgan fingerprint density at radius 1 is 1.19 bits per heavy atom. The molecule has 0 bridgehead atoms. The zero-order chi connectivity index (χ0) is 24.5. The van der Waals surface area contributed by atoms with Crippen molar-refractivity contribution in [2.24, 2.45) is 0 Å². The molecule has 0 spiro atoms. The summed E-state index contributed by atoms with van der Waals surface area (Å²) >= 11 is 5.79. The van der Waals surface area contributed by atoms with Gasteiger partial charge in [0.25, 0.3) is 0 Å². The van der Waals surface area contributed by atoms with Crippen molar-refractivity contribution in [3.63, 3.8) is 0 Å². The predicted molar refractivity (Wildman–Crippen MR) is 135 cm³/mol. The summed E-state index contributed by atoms with van der Waals surface area (Å²) < 4.78 is 20.2. The summed E-state index contributed by atoms with van der Waals surface area (Å²) in [4.78, 5) is 8.72. The minimum atomic E-state index is -1.31. The molecule has 5 heteroatoms. The van der Waals surface area contributed by atoms with Crippen molar-refractivity contribution in [1.29, 1.82) is 0 Å². The third kappa shape index (κ3) is 7.74. The van der Waals surface area contributed by atoms with E-state index >= 15 is 0 Å². The van der Waals surface area contributed by atoms with Crippen LogP contribution in [0.5, 0.6) is 5.75 Å². The number of aryl methyl sites for hydroxylation is 3. The summed E-state index contributed by atoms with van der Waals surface area (Å²) in [5.74, 6) is 1.53. The van der Waals surface area contributed by atoms with Crippen LogP contribution in [-0.4, -0.2) is 16.6 Å². The molecule has 0 N–H and O–H groups in total. The van der Waals surface area contributed by atoms with Gasteiger partial charge in [-0.05, 0) is 71.1 Å². The quantitative estimate of drug-likeness (QED) is 0.476. The number of para-hydroxylation sites is 1. The number of halogens is 2. The number of nitrogens with zero attached hydrogens (tertiary/aromatic N) is 2. The number of benzene rings is 1. The number of rotatable bonds is 7. The van der Waals surface area contributed by atoms with Crippen LogP contribution in [0.3, 0.4) is 0 Å². The molecule has 1 aromatic carbocycles. The second kappa shape index (κ2) is 12.7. The summed E-state index contributed by atoms with van der Waals surface area (Å²) in [7, 11) is 0. The first kappa shape index (κ1) is 27.8. The van der Waals surface area contributed by atoms with Crippen LogP contribution in [-0.2, 0) is 12.1 Å². The Morgan fingerprint density at radius 3 is 2.34 bits per heavy atom. The SMILES string of the molecule is C=C(Cl)/C=c1/c(C)nc(C)nc1=C(C)C.CCCOc1c(CC)cccc1C(C)(F)CC. The van der Waals surface area contributed by atoms with Gasteiger partial charge in [-0.3, -0.25) is 0 Å². The van der Waals surface area contributed by atoms with Gasteiger partial charge < -0.3 is 4.74 Å². The molecule has 1 heterocycles. The molecule has 0 fully saturated rings. The third-order valence-corrected chi connectivity index (χ3v) is 5.29. The van der Waals surface area contributed by atoms with Crippen molar-refractivity contribution in [1.82, 2.24) is 9.97 Å².